The van der Waals surface area contributed by atoms with Gasteiger partial charge in [0.2, 0.25) is 0 Å². The third-order valence-corrected chi connectivity index (χ3v) is 3.32. The molecule has 1 aromatic rings. The number of hydrogen-bond acceptors (Lipinski definition) is 3. The van der Waals surface area contributed by atoms with E-state index in [9.17, 15) is 4.79 Å². The monoisotopic (exact) mass is 234 g/mol. The number of rotatable bonds is 2. The van der Waals surface area contributed by atoms with E-state index in [1.807, 2.05) is 24.3 Å². The van der Waals surface area contributed by atoms with Gasteiger partial charge >= 0.3 is 0 Å². The highest BCUT2D eigenvalue weighted by atomic mass is 32.2. The number of benzene rings is 1. The topological polar surface area (TPSA) is 41.5 Å². The van der Waals surface area contributed by atoms with E-state index in [2.05, 4.69) is 17.2 Å². The zero-order valence-electron chi connectivity index (χ0n) is 9.19. The van der Waals surface area contributed by atoms with Crippen molar-refractivity contribution in [1.82, 2.24) is 5.32 Å². The molecule has 0 atom stereocenters. The number of nitrogens with zero attached hydrogens (tertiary/aromatic N) is 1. The van der Waals surface area contributed by atoms with Gasteiger partial charge in [-0.2, -0.15) is 0 Å². The molecule has 0 bridgehead atoms. The van der Waals surface area contributed by atoms with Crippen molar-refractivity contribution in [1.29, 1.82) is 0 Å². The first kappa shape index (κ1) is 11.2. The lowest BCUT2D eigenvalue weighted by atomic mass is 10.1. The van der Waals surface area contributed by atoms with Crippen molar-refractivity contribution in [2.45, 2.75) is 13.3 Å². The van der Waals surface area contributed by atoms with E-state index in [1.165, 1.54) is 5.56 Å². The summed E-state index contributed by atoms with van der Waals surface area (Å²) in [5, 5.41) is 3.55. The molecule has 0 radical (unpaired) electrons. The third-order valence-electron chi connectivity index (χ3n) is 2.43. The molecule has 1 N–H and O–H groups in total. The summed E-state index contributed by atoms with van der Waals surface area (Å²) >= 11 is 1.59. The summed E-state index contributed by atoms with van der Waals surface area (Å²) in [7, 11) is 0. The maximum atomic E-state index is 11.8. The van der Waals surface area contributed by atoms with Gasteiger partial charge in [-0.3, -0.25) is 9.79 Å². The molecule has 84 valence electrons. The quantitative estimate of drug-likeness (QED) is 0.851. The molecule has 0 aromatic heterocycles. The number of thioether (sulfide) groups is 1. The first-order valence-corrected chi connectivity index (χ1v) is 6.35. The lowest BCUT2D eigenvalue weighted by molar-refractivity contribution is 0.0978. The number of carbonyl (C=O) groups excluding carboxylic acids is 1. The van der Waals surface area contributed by atoms with Crippen molar-refractivity contribution >= 4 is 22.8 Å². The number of amidine groups is 1. The van der Waals surface area contributed by atoms with Gasteiger partial charge in [-0.25, -0.2) is 0 Å². The average Bonchev–Trinajstić information content (AvgIpc) is 2.82. The summed E-state index contributed by atoms with van der Waals surface area (Å²) in [4.78, 5) is 16.0. The Labute approximate surface area is 99.3 Å². The molecule has 1 heterocycles. The number of carbonyl (C=O) groups is 1. The van der Waals surface area contributed by atoms with Gasteiger partial charge in [0.25, 0.3) is 5.91 Å². The summed E-state index contributed by atoms with van der Waals surface area (Å²) in [6, 6.07) is 7.68. The van der Waals surface area contributed by atoms with E-state index >= 15 is 0 Å². The fourth-order valence-electron chi connectivity index (χ4n) is 1.47. The zero-order valence-corrected chi connectivity index (χ0v) is 10.0. The Balaban J connectivity index is 2.02. The fraction of sp³-hybridized carbons (Fsp3) is 0.333. The Kier molecular flexibility index (Phi) is 3.62. The van der Waals surface area contributed by atoms with Crippen LogP contribution >= 0.6 is 11.8 Å². The van der Waals surface area contributed by atoms with Gasteiger partial charge in [0.15, 0.2) is 5.17 Å². The maximum absolute atomic E-state index is 11.8. The van der Waals surface area contributed by atoms with Crippen molar-refractivity contribution in [3.63, 3.8) is 0 Å². The highest BCUT2D eigenvalue weighted by molar-refractivity contribution is 8.14. The maximum Gasteiger partial charge on any atom is 0.257 e. The van der Waals surface area contributed by atoms with Crippen LogP contribution in [0, 0.1) is 0 Å². The number of amides is 1. The lowest BCUT2D eigenvalue weighted by Crippen LogP contribution is -2.27. The van der Waals surface area contributed by atoms with E-state index < -0.39 is 0 Å². The molecule has 4 heteroatoms. The van der Waals surface area contributed by atoms with Crippen LogP contribution in [0.2, 0.25) is 0 Å². The first-order valence-electron chi connectivity index (χ1n) is 5.37. The molecular weight excluding hydrogens is 220 g/mol. The molecule has 0 saturated heterocycles. The molecule has 16 heavy (non-hydrogen) atoms. The minimum atomic E-state index is -0.0733. The molecular formula is C12H14N2OS. The van der Waals surface area contributed by atoms with Crippen molar-refractivity contribution in [3.05, 3.63) is 35.4 Å². The molecule has 2 rings (SSSR count). The zero-order chi connectivity index (χ0) is 11.4. The number of hydrogen-bond donors (Lipinski definition) is 1. The van der Waals surface area contributed by atoms with Gasteiger partial charge in [0.05, 0.1) is 6.54 Å². The summed E-state index contributed by atoms with van der Waals surface area (Å²) in [6.45, 7) is 2.90. The van der Waals surface area contributed by atoms with Crippen LogP contribution < -0.4 is 5.32 Å². The highest BCUT2D eigenvalue weighted by Crippen LogP contribution is 2.10. The second-order valence-electron chi connectivity index (χ2n) is 3.54. The minimum absolute atomic E-state index is 0.0733. The van der Waals surface area contributed by atoms with Crippen molar-refractivity contribution in [2.24, 2.45) is 4.99 Å². The summed E-state index contributed by atoms with van der Waals surface area (Å²) in [5.41, 5.74) is 1.93. The Morgan fingerprint density at radius 2 is 2.19 bits per heavy atom. The van der Waals surface area contributed by atoms with E-state index in [0.717, 1.165) is 23.9 Å². The predicted octanol–water partition coefficient (Wildman–Crippen LogP) is 2.08. The Morgan fingerprint density at radius 3 is 2.75 bits per heavy atom. The van der Waals surface area contributed by atoms with Gasteiger partial charge in [-0.1, -0.05) is 30.8 Å². The molecule has 1 aromatic carbocycles. The lowest BCUT2D eigenvalue weighted by Gasteiger charge is -2.04. The van der Waals surface area contributed by atoms with Crippen LogP contribution in [0.15, 0.2) is 29.3 Å². The number of aryl methyl sites for hydroxylation is 1. The van der Waals surface area contributed by atoms with Crippen molar-refractivity contribution < 1.29 is 4.79 Å². The molecule has 1 amide bonds. The van der Waals surface area contributed by atoms with Gasteiger partial charge in [-0.15, -0.1) is 0 Å². The van der Waals surface area contributed by atoms with Crippen LogP contribution in [0.1, 0.15) is 22.8 Å². The van der Waals surface area contributed by atoms with E-state index in [1.54, 1.807) is 11.8 Å². The molecule has 1 aliphatic heterocycles. The largest absolute Gasteiger partial charge is 0.301 e. The van der Waals surface area contributed by atoms with Gasteiger partial charge < -0.3 is 5.32 Å². The normalized spacial score (nSPS) is 14.7. The molecule has 1 aliphatic rings. The van der Waals surface area contributed by atoms with Crippen LogP contribution in [0.3, 0.4) is 0 Å². The second-order valence-corrected chi connectivity index (χ2v) is 4.62. The Hall–Kier alpha value is -1.29. The van der Waals surface area contributed by atoms with Crippen LogP contribution in [0.5, 0.6) is 0 Å². The second kappa shape index (κ2) is 5.16. The Bertz CT molecular complexity index is 412. The van der Waals surface area contributed by atoms with E-state index in [0.29, 0.717) is 5.56 Å². The molecule has 3 nitrogen and oxygen atoms in total. The SMILES string of the molecule is CCc1ccc(C(=O)NC2=NCCS2)cc1. The summed E-state index contributed by atoms with van der Waals surface area (Å²) in [6.07, 6.45) is 0.991. The molecule has 0 aliphatic carbocycles. The molecule has 0 spiro atoms. The average molecular weight is 234 g/mol. The predicted molar refractivity (Wildman–Crippen MR) is 68.0 cm³/mol. The molecule has 0 saturated carbocycles. The summed E-state index contributed by atoms with van der Waals surface area (Å²) < 4.78 is 0. The standard InChI is InChI=1S/C12H14N2OS/c1-2-9-3-5-10(6-4-9)11(15)14-12-13-7-8-16-12/h3-6H,2,7-8H2,1H3,(H,13,14,15). The van der Waals surface area contributed by atoms with Crippen LogP contribution in [-0.2, 0) is 6.42 Å². The smallest absolute Gasteiger partial charge is 0.257 e. The number of aliphatic imine (C=N–C) groups is 1. The molecule has 0 unspecified atom stereocenters. The third kappa shape index (κ3) is 2.64. The van der Waals surface area contributed by atoms with Crippen LogP contribution in [-0.4, -0.2) is 23.4 Å². The Morgan fingerprint density at radius 1 is 1.44 bits per heavy atom. The van der Waals surface area contributed by atoms with Crippen molar-refractivity contribution in [3.8, 4) is 0 Å². The van der Waals surface area contributed by atoms with Gasteiger partial charge in [0.1, 0.15) is 0 Å². The van der Waals surface area contributed by atoms with E-state index in [-0.39, 0.29) is 5.91 Å². The molecule has 0 fully saturated rings. The van der Waals surface area contributed by atoms with E-state index in [4.69, 9.17) is 0 Å². The van der Waals surface area contributed by atoms with Crippen LogP contribution in [0.25, 0.3) is 0 Å². The van der Waals surface area contributed by atoms with Crippen molar-refractivity contribution in [2.75, 3.05) is 12.3 Å². The van der Waals surface area contributed by atoms with Crippen LogP contribution in [0.4, 0.5) is 0 Å². The first-order chi connectivity index (χ1) is 7.79. The number of nitrogens with one attached hydrogen (secondary N) is 1. The minimum Gasteiger partial charge on any atom is -0.301 e. The highest BCUT2D eigenvalue weighted by Gasteiger charge is 2.11. The fourth-order valence-corrected chi connectivity index (χ4v) is 2.20. The van der Waals surface area contributed by atoms with Gasteiger partial charge in [-0.05, 0) is 24.1 Å². The van der Waals surface area contributed by atoms with Gasteiger partial charge in [0, 0.05) is 11.3 Å². The summed E-state index contributed by atoms with van der Waals surface area (Å²) in [5.74, 6) is 0.889.